The van der Waals surface area contributed by atoms with Crippen molar-refractivity contribution in [3.05, 3.63) is 71.9 Å². The number of rotatable bonds is 4. The molecule has 3 rings (SSSR count). The van der Waals surface area contributed by atoms with Crippen molar-refractivity contribution in [2.24, 2.45) is 5.73 Å². The second kappa shape index (κ2) is 5.29. The number of H-pyrrole nitrogens is 1. The summed E-state index contributed by atoms with van der Waals surface area (Å²) in [6.07, 6.45) is 2.95. The molecule has 2 heteroatoms. The van der Waals surface area contributed by atoms with Crippen LogP contribution in [-0.2, 0) is 0 Å². The lowest BCUT2D eigenvalue weighted by molar-refractivity contribution is 0.727. The third-order valence-electron chi connectivity index (χ3n) is 3.64. The molecule has 2 nitrogen and oxygen atoms in total. The SMILES string of the molecule is NCCC(c1ccccc1)c1ccc2cc[nH]c2c1. The number of aromatic amines is 1. The largest absolute Gasteiger partial charge is 0.361 e. The Labute approximate surface area is 113 Å². The fourth-order valence-corrected chi connectivity index (χ4v) is 2.66. The van der Waals surface area contributed by atoms with Gasteiger partial charge in [0.1, 0.15) is 0 Å². The molecule has 0 spiro atoms. The Kier molecular flexibility index (Phi) is 3.34. The fourth-order valence-electron chi connectivity index (χ4n) is 2.66. The Bertz CT molecular complexity index is 655. The normalized spacial score (nSPS) is 12.7. The molecule has 0 saturated heterocycles. The number of hydrogen-bond donors (Lipinski definition) is 2. The molecule has 96 valence electrons. The maximum atomic E-state index is 5.79. The minimum Gasteiger partial charge on any atom is -0.361 e. The number of hydrogen-bond acceptors (Lipinski definition) is 1. The lowest BCUT2D eigenvalue weighted by Gasteiger charge is -2.17. The molecule has 0 aliphatic rings. The van der Waals surface area contributed by atoms with Crippen LogP contribution >= 0.6 is 0 Å². The lowest BCUT2D eigenvalue weighted by atomic mass is 9.88. The summed E-state index contributed by atoms with van der Waals surface area (Å²) in [5.74, 6) is 0.374. The van der Waals surface area contributed by atoms with Gasteiger partial charge in [0.05, 0.1) is 0 Å². The van der Waals surface area contributed by atoms with E-state index in [1.165, 1.54) is 22.0 Å². The Morgan fingerprint density at radius 3 is 2.58 bits per heavy atom. The first-order valence-corrected chi connectivity index (χ1v) is 6.70. The van der Waals surface area contributed by atoms with E-state index in [0.717, 1.165) is 6.42 Å². The van der Waals surface area contributed by atoms with Crippen LogP contribution in [0.15, 0.2) is 60.8 Å². The highest BCUT2D eigenvalue weighted by molar-refractivity contribution is 5.80. The van der Waals surface area contributed by atoms with Gasteiger partial charge in [0, 0.05) is 17.6 Å². The molecule has 1 atom stereocenters. The highest BCUT2D eigenvalue weighted by atomic mass is 14.7. The van der Waals surface area contributed by atoms with Crippen molar-refractivity contribution >= 4 is 10.9 Å². The van der Waals surface area contributed by atoms with Crippen molar-refractivity contribution in [1.29, 1.82) is 0 Å². The van der Waals surface area contributed by atoms with E-state index in [4.69, 9.17) is 5.73 Å². The average molecular weight is 250 g/mol. The van der Waals surface area contributed by atoms with Crippen LogP contribution in [0, 0.1) is 0 Å². The Morgan fingerprint density at radius 2 is 1.79 bits per heavy atom. The van der Waals surface area contributed by atoms with E-state index in [1.54, 1.807) is 0 Å². The maximum Gasteiger partial charge on any atom is 0.0456 e. The second-order valence-corrected chi connectivity index (χ2v) is 4.86. The molecule has 0 saturated carbocycles. The summed E-state index contributed by atoms with van der Waals surface area (Å²) in [5.41, 5.74) is 9.64. The number of nitrogens with one attached hydrogen (secondary N) is 1. The summed E-state index contributed by atoms with van der Waals surface area (Å²) in [5, 5.41) is 1.25. The molecular formula is C17H18N2. The highest BCUT2D eigenvalue weighted by Crippen LogP contribution is 2.29. The zero-order valence-electron chi connectivity index (χ0n) is 10.8. The molecule has 3 aromatic rings. The molecule has 0 radical (unpaired) electrons. The first-order valence-electron chi connectivity index (χ1n) is 6.70. The molecule has 3 N–H and O–H groups in total. The van der Waals surface area contributed by atoms with Crippen LogP contribution in [0.25, 0.3) is 10.9 Å². The molecule has 0 fully saturated rings. The minimum atomic E-state index is 0.374. The second-order valence-electron chi connectivity index (χ2n) is 4.86. The summed E-state index contributed by atoms with van der Waals surface area (Å²) < 4.78 is 0. The van der Waals surface area contributed by atoms with E-state index in [-0.39, 0.29) is 0 Å². The van der Waals surface area contributed by atoms with Crippen molar-refractivity contribution in [3.8, 4) is 0 Å². The van der Waals surface area contributed by atoms with E-state index in [9.17, 15) is 0 Å². The Balaban J connectivity index is 2.03. The van der Waals surface area contributed by atoms with Crippen LogP contribution in [0.2, 0.25) is 0 Å². The van der Waals surface area contributed by atoms with Gasteiger partial charge < -0.3 is 10.7 Å². The van der Waals surface area contributed by atoms with Crippen molar-refractivity contribution in [3.63, 3.8) is 0 Å². The maximum absolute atomic E-state index is 5.79. The van der Waals surface area contributed by atoms with E-state index < -0.39 is 0 Å². The zero-order valence-corrected chi connectivity index (χ0v) is 10.8. The van der Waals surface area contributed by atoms with Crippen LogP contribution in [0.1, 0.15) is 23.5 Å². The smallest absolute Gasteiger partial charge is 0.0456 e. The van der Waals surface area contributed by atoms with E-state index in [0.29, 0.717) is 12.5 Å². The van der Waals surface area contributed by atoms with Crippen molar-refractivity contribution < 1.29 is 0 Å². The molecule has 1 aromatic heterocycles. The number of fused-ring (bicyclic) bond motifs is 1. The summed E-state index contributed by atoms with van der Waals surface area (Å²) >= 11 is 0. The lowest BCUT2D eigenvalue weighted by Crippen LogP contribution is -2.08. The van der Waals surface area contributed by atoms with Gasteiger partial charge in [-0.05, 0) is 41.6 Å². The van der Waals surface area contributed by atoms with Crippen molar-refractivity contribution in [2.75, 3.05) is 6.54 Å². The summed E-state index contributed by atoms with van der Waals surface area (Å²) in [4.78, 5) is 3.28. The van der Waals surface area contributed by atoms with Gasteiger partial charge in [-0.1, -0.05) is 42.5 Å². The standard InChI is InChI=1S/C17H18N2/c18-10-8-16(13-4-2-1-3-5-13)15-7-6-14-9-11-19-17(14)12-15/h1-7,9,11-12,16,19H,8,10,18H2. The third-order valence-corrected chi connectivity index (χ3v) is 3.64. The van der Waals surface area contributed by atoms with Gasteiger partial charge in [0.25, 0.3) is 0 Å². The van der Waals surface area contributed by atoms with Gasteiger partial charge in [-0.25, -0.2) is 0 Å². The number of nitrogens with two attached hydrogens (primary N) is 1. The number of aromatic nitrogens is 1. The van der Waals surface area contributed by atoms with Gasteiger partial charge in [-0.3, -0.25) is 0 Å². The topological polar surface area (TPSA) is 41.8 Å². The first kappa shape index (κ1) is 12.0. The molecular weight excluding hydrogens is 232 g/mol. The van der Waals surface area contributed by atoms with Crippen LogP contribution in [0.3, 0.4) is 0 Å². The van der Waals surface area contributed by atoms with Crippen LogP contribution in [-0.4, -0.2) is 11.5 Å². The van der Waals surface area contributed by atoms with Crippen LogP contribution < -0.4 is 5.73 Å². The molecule has 1 unspecified atom stereocenters. The van der Waals surface area contributed by atoms with Crippen LogP contribution in [0.5, 0.6) is 0 Å². The highest BCUT2D eigenvalue weighted by Gasteiger charge is 2.13. The molecule has 0 aliphatic carbocycles. The summed E-state index contributed by atoms with van der Waals surface area (Å²) in [6, 6.07) is 19.3. The molecule has 1 heterocycles. The molecule has 0 aliphatic heterocycles. The van der Waals surface area contributed by atoms with Crippen molar-refractivity contribution in [2.45, 2.75) is 12.3 Å². The molecule has 0 bridgehead atoms. The Morgan fingerprint density at radius 1 is 0.947 bits per heavy atom. The third kappa shape index (κ3) is 2.40. The molecule has 0 amide bonds. The molecule has 19 heavy (non-hydrogen) atoms. The van der Waals surface area contributed by atoms with Crippen LogP contribution in [0.4, 0.5) is 0 Å². The predicted molar refractivity (Wildman–Crippen MR) is 80.3 cm³/mol. The number of benzene rings is 2. The van der Waals surface area contributed by atoms with Gasteiger partial charge in [-0.15, -0.1) is 0 Å². The first-order chi connectivity index (χ1) is 9.38. The quantitative estimate of drug-likeness (QED) is 0.729. The summed E-state index contributed by atoms with van der Waals surface area (Å²) in [6.45, 7) is 0.697. The Hall–Kier alpha value is -2.06. The van der Waals surface area contributed by atoms with Gasteiger partial charge >= 0.3 is 0 Å². The minimum absolute atomic E-state index is 0.374. The van der Waals surface area contributed by atoms with Gasteiger partial charge in [0.2, 0.25) is 0 Å². The molecule has 2 aromatic carbocycles. The summed E-state index contributed by atoms with van der Waals surface area (Å²) in [7, 11) is 0. The van der Waals surface area contributed by atoms with E-state index in [2.05, 4.69) is 59.6 Å². The average Bonchev–Trinajstić information content (AvgIpc) is 2.93. The van der Waals surface area contributed by atoms with Gasteiger partial charge in [-0.2, -0.15) is 0 Å². The van der Waals surface area contributed by atoms with Gasteiger partial charge in [0.15, 0.2) is 0 Å². The predicted octanol–water partition coefficient (Wildman–Crippen LogP) is 3.65. The van der Waals surface area contributed by atoms with Crippen molar-refractivity contribution in [1.82, 2.24) is 4.98 Å². The zero-order chi connectivity index (χ0) is 13.1. The monoisotopic (exact) mass is 250 g/mol. The fraction of sp³-hybridized carbons (Fsp3) is 0.176. The van der Waals surface area contributed by atoms with E-state index >= 15 is 0 Å². The van der Waals surface area contributed by atoms with E-state index in [1.807, 2.05) is 6.20 Å².